The van der Waals surface area contributed by atoms with E-state index in [2.05, 4.69) is 32.7 Å². The summed E-state index contributed by atoms with van der Waals surface area (Å²) < 4.78 is 0. The highest BCUT2D eigenvalue weighted by Crippen LogP contribution is 2.19. The first kappa shape index (κ1) is 13.5. The summed E-state index contributed by atoms with van der Waals surface area (Å²) in [5.74, 6) is 0.114. The smallest absolute Gasteiger partial charge is 0.239 e. The van der Waals surface area contributed by atoms with Crippen LogP contribution in [0, 0.1) is 0 Å². The van der Waals surface area contributed by atoms with Crippen LogP contribution >= 0.6 is 0 Å². The Balaban J connectivity index is 2.59. The number of hydrogen-bond acceptors (Lipinski definition) is 3. The number of hydrogen-bond donors (Lipinski definition) is 1. The van der Waals surface area contributed by atoms with E-state index in [4.69, 9.17) is 5.73 Å². The van der Waals surface area contributed by atoms with Crippen molar-refractivity contribution >= 4 is 5.91 Å². The Morgan fingerprint density at radius 3 is 2.56 bits per heavy atom. The van der Waals surface area contributed by atoms with Gasteiger partial charge >= 0.3 is 0 Å². The molecule has 1 saturated heterocycles. The molecule has 2 N–H and O–H groups in total. The van der Waals surface area contributed by atoms with Gasteiger partial charge in [0.1, 0.15) is 0 Å². The summed E-state index contributed by atoms with van der Waals surface area (Å²) in [5.41, 5.74) is 5.93. The van der Waals surface area contributed by atoms with E-state index in [0.29, 0.717) is 0 Å². The molecule has 0 aromatic rings. The number of piperazine rings is 1. The predicted octanol–water partition coefficient (Wildman–Crippen LogP) is 0.666. The Labute approximate surface area is 98.8 Å². The van der Waals surface area contributed by atoms with Gasteiger partial charge in [0.15, 0.2) is 0 Å². The van der Waals surface area contributed by atoms with E-state index in [9.17, 15) is 4.79 Å². The SMILES string of the molecule is CCCC(N)C(=O)N1CCN(C)C(C)(C)C1. The molecule has 0 aromatic heterocycles. The van der Waals surface area contributed by atoms with Gasteiger partial charge in [-0.05, 0) is 27.3 Å². The maximum atomic E-state index is 12.1. The van der Waals surface area contributed by atoms with Crippen molar-refractivity contribution in [2.75, 3.05) is 26.7 Å². The maximum absolute atomic E-state index is 12.1. The molecule has 1 unspecified atom stereocenters. The monoisotopic (exact) mass is 227 g/mol. The number of carbonyl (C=O) groups excluding carboxylic acids is 1. The first-order chi connectivity index (χ1) is 7.38. The number of rotatable bonds is 3. The number of amides is 1. The molecular formula is C12H25N3O. The Kier molecular flexibility index (Phi) is 4.33. The standard InChI is InChI=1S/C12H25N3O/c1-5-6-10(13)11(16)15-8-7-14(4)12(2,3)9-15/h10H,5-9,13H2,1-4H3. The normalized spacial score (nSPS) is 23.2. The first-order valence-electron chi connectivity index (χ1n) is 6.14. The van der Waals surface area contributed by atoms with Gasteiger partial charge in [-0.15, -0.1) is 0 Å². The largest absolute Gasteiger partial charge is 0.338 e. The molecule has 1 amide bonds. The Morgan fingerprint density at radius 2 is 2.06 bits per heavy atom. The fourth-order valence-electron chi connectivity index (χ4n) is 2.10. The van der Waals surface area contributed by atoms with Gasteiger partial charge in [0.25, 0.3) is 0 Å². The van der Waals surface area contributed by atoms with Crippen molar-refractivity contribution in [1.82, 2.24) is 9.80 Å². The molecule has 16 heavy (non-hydrogen) atoms. The lowest BCUT2D eigenvalue weighted by atomic mass is 9.99. The molecule has 1 rings (SSSR count). The van der Waals surface area contributed by atoms with Crippen LogP contribution in [0.3, 0.4) is 0 Å². The zero-order valence-electron chi connectivity index (χ0n) is 11.0. The van der Waals surface area contributed by atoms with Crippen LogP contribution in [0.4, 0.5) is 0 Å². The molecule has 0 saturated carbocycles. The van der Waals surface area contributed by atoms with Gasteiger partial charge in [-0.25, -0.2) is 0 Å². The average Bonchev–Trinajstić information content (AvgIpc) is 2.21. The maximum Gasteiger partial charge on any atom is 0.239 e. The molecule has 0 aromatic carbocycles. The molecule has 1 heterocycles. The predicted molar refractivity (Wildman–Crippen MR) is 66.2 cm³/mol. The van der Waals surface area contributed by atoms with Crippen molar-refractivity contribution < 1.29 is 4.79 Å². The molecule has 0 radical (unpaired) electrons. The van der Waals surface area contributed by atoms with Crippen molar-refractivity contribution in [3.8, 4) is 0 Å². The molecular weight excluding hydrogens is 202 g/mol. The highest BCUT2D eigenvalue weighted by atomic mass is 16.2. The third kappa shape index (κ3) is 2.95. The summed E-state index contributed by atoms with van der Waals surface area (Å²) in [7, 11) is 2.10. The fourth-order valence-corrected chi connectivity index (χ4v) is 2.10. The minimum Gasteiger partial charge on any atom is -0.338 e. The fraction of sp³-hybridized carbons (Fsp3) is 0.917. The van der Waals surface area contributed by atoms with E-state index in [1.54, 1.807) is 0 Å². The minimum atomic E-state index is -0.316. The molecule has 4 heteroatoms. The molecule has 1 fully saturated rings. The van der Waals surface area contributed by atoms with Crippen LogP contribution in [0.1, 0.15) is 33.6 Å². The van der Waals surface area contributed by atoms with E-state index in [1.807, 2.05) is 4.90 Å². The molecule has 0 bridgehead atoms. The minimum absolute atomic E-state index is 0.0554. The van der Waals surface area contributed by atoms with Crippen molar-refractivity contribution in [2.45, 2.75) is 45.2 Å². The second-order valence-corrected chi connectivity index (χ2v) is 5.39. The Bertz CT molecular complexity index is 253. The van der Waals surface area contributed by atoms with Gasteiger partial charge < -0.3 is 10.6 Å². The van der Waals surface area contributed by atoms with Gasteiger partial charge in [-0.3, -0.25) is 9.69 Å². The lowest BCUT2D eigenvalue weighted by molar-refractivity contribution is -0.137. The summed E-state index contributed by atoms with van der Waals surface area (Å²) in [4.78, 5) is 16.3. The van der Waals surface area contributed by atoms with E-state index in [-0.39, 0.29) is 17.5 Å². The average molecular weight is 227 g/mol. The van der Waals surface area contributed by atoms with Gasteiger partial charge in [-0.2, -0.15) is 0 Å². The van der Waals surface area contributed by atoms with Crippen molar-refractivity contribution in [3.63, 3.8) is 0 Å². The van der Waals surface area contributed by atoms with Crippen molar-refractivity contribution in [3.05, 3.63) is 0 Å². The molecule has 1 aliphatic rings. The van der Waals surface area contributed by atoms with Crippen LogP contribution in [0.5, 0.6) is 0 Å². The number of nitrogens with zero attached hydrogens (tertiary/aromatic N) is 2. The van der Waals surface area contributed by atoms with Crippen LogP contribution in [-0.2, 0) is 4.79 Å². The highest BCUT2D eigenvalue weighted by molar-refractivity contribution is 5.81. The van der Waals surface area contributed by atoms with Crippen LogP contribution in [0.2, 0.25) is 0 Å². The van der Waals surface area contributed by atoms with Crippen molar-refractivity contribution in [2.24, 2.45) is 5.73 Å². The van der Waals surface area contributed by atoms with E-state index >= 15 is 0 Å². The third-order valence-electron chi connectivity index (χ3n) is 3.55. The number of nitrogens with two attached hydrogens (primary N) is 1. The summed E-state index contributed by atoms with van der Waals surface area (Å²) in [5, 5.41) is 0. The van der Waals surface area contributed by atoms with Gasteiger partial charge in [-0.1, -0.05) is 13.3 Å². The summed E-state index contributed by atoms with van der Waals surface area (Å²) in [6.45, 7) is 8.89. The molecule has 4 nitrogen and oxygen atoms in total. The van der Waals surface area contributed by atoms with Gasteiger partial charge in [0.05, 0.1) is 6.04 Å². The molecule has 0 aliphatic carbocycles. The summed E-state index contributed by atoms with van der Waals surface area (Å²) in [6, 6.07) is -0.316. The first-order valence-corrected chi connectivity index (χ1v) is 6.14. The number of likely N-dealkylation sites (N-methyl/N-ethyl adjacent to an activating group) is 1. The number of carbonyl (C=O) groups is 1. The van der Waals surface area contributed by atoms with Crippen LogP contribution in [0.25, 0.3) is 0 Å². The quantitative estimate of drug-likeness (QED) is 0.771. The molecule has 1 atom stereocenters. The Morgan fingerprint density at radius 1 is 1.44 bits per heavy atom. The highest BCUT2D eigenvalue weighted by Gasteiger charge is 2.34. The van der Waals surface area contributed by atoms with E-state index in [1.165, 1.54) is 0 Å². The Hall–Kier alpha value is -0.610. The summed E-state index contributed by atoms with van der Waals surface area (Å²) in [6.07, 6.45) is 1.75. The third-order valence-corrected chi connectivity index (χ3v) is 3.55. The second kappa shape index (κ2) is 5.15. The lowest BCUT2D eigenvalue weighted by Crippen LogP contribution is -2.61. The molecule has 1 aliphatic heterocycles. The molecule has 94 valence electrons. The van der Waals surface area contributed by atoms with E-state index in [0.717, 1.165) is 32.5 Å². The van der Waals surface area contributed by atoms with Crippen LogP contribution in [0.15, 0.2) is 0 Å². The van der Waals surface area contributed by atoms with E-state index < -0.39 is 0 Å². The van der Waals surface area contributed by atoms with Gasteiger partial charge in [0, 0.05) is 25.2 Å². The zero-order valence-corrected chi connectivity index (χ0v) is 11.0. The van der Waals surface area contributed by atoms with Crippen molar-refractivity contribution in [1.29, 1.82) is 0 Å². The topological polar surface area (TPSA) is 49.6 Å². The lowest BCUT2D eigenvalue weighted by Gasteiger charge is -2.45. The second-order valence-electron chi connectivity index (χ2n) is 5.39. The molecule has 0 spiro atoms. The zero-order chi connectivity index (χ0) is 12.3. The summed E-state index contributed by atoms with van der Waals surface area (Å²) >= 11 is 0. The van der Waals surface area contributed by atoms with Gasteiger partial charge in [0.2, 0.25) is 5.91 Å². The van der Waals surface area contributed by atoms with Crippen LogP contribution in [-0.4, -0.2) is 54.0 Å². The van der Waals surface area contributed by atoms with Crippen LogP contribution < -0.4 is 5.73 Å².